The fourth-order valence-corrected chi connectivity index (χ4v) is 2.98. The van der Waals surface area contributed by atoms with Gasteiger partial charge in [-0.3, -0.25) is 0 Å². The predicted molar refractivity (Wildman–Crippen MR) is 102 cm³/mol. The Morgan fingerprint density at radius 2 is 1.77 bits per heavy atom. The molecular weight excluding hydrogens is 375 g/mol. The van der Waals surface area contributed by atoms with Crippen LogP contribution < -0.4 is 20.1 Å². The number of anilines is 4. The normalized spacial score (nSPS) is 12.1. The summed E-state index contributed by atoms with van der Waals surface area (Å²) in [6, 6.07) is 12.6. The maximum atomic E-state index is 6.20. The van der Waals surface area contributed by atoms with E-state index >= 15 is 0 Å². The molecule has 2 heterocycles. The molecule has 0 radical (unpaired) electrons. The lowest BCUT2D eigenvalue weighted by atomic mass is 10.2. The number of ether oxygens (including phenoxy) is 2. The molecule has 0 bridgehead atoms. The number of benzene rings is 2. The minimum atomic E-state index is 0.237. The molecule has 8 heteroatoms. The largest absolute Gasteiger partial charge is 0.454 e. The van der Waals surface area contributed by atoms with Gasteiger partial charge in [-0.25, -0.2) is 4.98 Å². The summed E-state index contributed by atoms with van der Waals surface area (Å²) in [6.07, 6.45) is 0. The number of nitrogens with zero attached hydrogens (tertiary/aromatic N) is 2. The van der Waals surface area contributed by atoms with E-state index < -0.39 is 0 Å². The van der Waals surface area contributed by atoms with E-state index in [4.69, 9.17) is 32.7 Å². The van der Waals surface area contributed by atoms with Gasteiger partial charge in [0, 0.05) is 28.5 Å². The van der Waals surface area contributed by atoms with Gasteiger partial charge < -0.3 is 20.1 Å². The van der Waals surface area contributed by atoms with Crippen LogP contribution in [0.15, 0.2) is 42.5 Å². The Labute approximate surface area is 160 Å². The number of aryl methyl sites for hydroxylation is 1. The van der Waals surface area contributed by atoms with Crippen molar-refractivity contribution in [1.82, 2.24) is 9.97 Å². The zero-order valence-electron chi connectivity index (χ0n) is 13.7. The van der Waals surface area contributed by atoms with Crippen LogP contribution in [0.2, 0.25) is 10.0 Å². The van der Waals surface area contributed by atoms with Crippen molar-refractivity contribution in [1.29, 1.82) is 0 Å². The van der Waals surface area contributed by atoms with Crippen molar-refractivity contribution in [2.45, 2.75) is 6.92 Å². The van der Waals surface area contributed by atoms with Crippen LogP contribution in [0.4, 0.5) is 23.1 Å². The molecule has 0 aliphatic carbocycles. The third-order valence-electron chi connectivity index (χ3n) is 3.68. The molecule has 132 valence electrons. The molecule has 2 aromatic carbocycles. The van der Waals surface area contributed by atoms with E-state index in [1.165, 1.54) is 0 Å². The van der Waals surface area contributed by atoms with Gasteiger partial charge in [0.15, 0.2) is 11.5 Å². The van der Waals surface area contributed by atoms with Gasteiger partial charge >= 0.3 is 0 Å². The predicted octanol–water partition coefficient (Wildman–Crippen LogP) is 5.31. The Hall–Kier alpha value is -2.70. The standard InChI is InChI=1S/C18H14Cl2N4O2/c1-10-6-17(22-12-3-5-15-16(8-12)26-9-25-15)24-18(21-10)23-14-4-2-11(19)7-13(14)20/h2-8H,9H2,1H3,(H2,21,22,23,24). The molecule has 6 nitrogen and oxygen atoms in total. The summed E-state index contributed by atoms with van der Waals surface area (Å²) in [5.41, 5.74) is 2.31. The Morgan fingerprint density at radius 1 is 0.923 bits per heavy atom. The second-order valence-electron chi connectivity index (χ2n) is 5.66. The Kier molecular flexibility index (Phi) is 4.44. The van der Waals surface area contributed by atoms with Crippen molar-refractivity contribution in [2.24, 2.45) is 0 Å². The van der Waals surface area contributed by atoms with E-state index in [0.717, 1.165) is 17.1 Å². The van der Waals surface area contributed by atoms with Crippen LogP contribution in [0, 0.1) is 6.92 Å². The first-order chi connectivity index (χ1) is 12.6. The first-order valence-electron chi connectivity index (χ1n) is 7.81. The van der Waals surface area contributed by atoms with Crippen LogP contribution in [-0.2, 0) is 0 Å². The lowest BCUT2D eigenvalue weighted by molar-refractivity contribution is 0.174. The molecular formula is C18H14Cl2N4O2. The van der Waals surface area contributed by atoms with Crippen molar-refractivity contribution in [3.05, 3.63) is 58.2 Å². The second kappa shape index (κ2) is 6.90. The van der Waals surface area contributed by atoms with Gasteiger partial charge in [0.05, 0.1) is 10.7 Å². The van der Waals surface area contributed by atoms with E-state index in [2.05, 4.69) is 20.6 Å². The fourth-order valence-electron chi connectivity index (χ4n) is 2.52. The third-order valence-corrected chi connectivity index (χ3v) is 4.22. The lowest BCUT2D eigenvalue weighted by Gasteiger charge is -2.11. The van der Waals surface area contributed by atoms with Crippen molar-refractivity contribution in [3.63, 3.8) is 0 Å². The van der Waals surface area contributed by atoms with Gasteiger partial charge in [0.25, 0.3) is 0 Å². The number of aromatic nitrogens is 2. The number of nitrogens with one attached hydrogen (secondary N) is 2. The Balaban J connectivity index is 1.58. The summed E-state index contributed by atoms with van der Waals surface area (Å²) < 4.78 is 10.7. The molecule has 0 unspecified atom stereocenters. The smallest absolute Gasteiger partial charge is 0.231 e. The SMILES string of the molecule is Cc1cc(Nc2ccc3c(c2)OCO3)nc(Nc2ccc(Cl)cc2Cl)n1. The van der Waals surface area contributed by atoms with Gasteiger partial charge in [0.2, 0.25) is 12.7 Å². The third kappa shape index (κ3) is 3.61. The number of rotatable bonds is 4. The average molecular weight is 389 g/mol. The topological polar surface area (TPSA) is 68.3 Å². The van der Waals surface area contributed by atoms with Gasteiger partial charge in [0.1, 0.15) is 5.82 Å². The van der Waals surface area contributed by atoms with Crippen LogP contribution >= 0.6 is 23.2 Å². The number of hydrogen-bond acceptors (Lipinski definition) is 6. The van der Waals surface area contributed by atoms with E-state index in [1.807, 2.05) is 31.2 Å². The molecule has 0 amide bonds. The van der Waals surface area contributed by atoms with E-state index in [1.54, 1.807) is 18.2 Å². The highest BCUT2D eigenvalue weighted by Gasteiger charge is 2.14. The first kappa shape index (κ1) is 16.8. The number of hydrogen-bond donors (Lipinski definition) is 2. The summed E-state index contributed by atoms with van der Waals surface area (Å²) >= 11 is 12.1. The van der Waals surface area contributed by atoms with Crippen LogP contribution in [-0.4, -0.2) is 16.8 Å². The molecule has 4 rings (SSSR count). The Morgan fingerprint density at radius 3 is 2.62 bits per heavy atom. The summed E-state index contributed by atoms with van der Waals surface area (Å²) in [4.78, 5) is 8.88. The van der Waals surface area contributed by atoms with Gasteiger partial charge in [-0.1, -0.05) is 23.2 Å². The van der Waals surface area contributed by atoms with Crippen LogP contribution in [0.3, 0.4) is 0 Å². The molecule has 2 N–H and O–H groups in total. The fraction of sp³-hybridized carbons (Fsp3) is 0.111. The second-order valence-corrected chi connectivity index (χ2v) is 6.50. The molecule has 0 fully saturated rings. The van der Waals surface area contributed by atoms with Crippen molar-refractivity contribution < 1.29 is 9.47 Å². The highest BCUT2D eigenvalue weighted by atomic mass is 35.5. The van der Waals surface area contributed by atoms with Gasteiger partial charge in [-0.2, -0.15) is 4.98 Å². The highest BCUT2D eigenvalue weighted by molar-refractivity contribution is 6.36. The zero-order chi connectivity index (χ0) is 18.1. The maximum absolute atomic E-state index is 6.20. The summed E-state index contributed by atoms with van der Waals surface area (Å²) in [5.74, 6) is 2.50. The van der Waals surface area contributed by atoms with Crippen molar-refractivity contribution in [3.8, 4) is 11.5 Å². The van der Waals surface area contributed by atoms with Gasteiger partial charge in [-0.05, 0) is 37.3 Å². The molecule has 0 saturated heterocycles. The highest BCUT2D eigenvalue weighted by Crippen LogP contribution is 2.35. The monoisotopic (exact) mass is 388 g/mol. The Bertz CT molecular complexity index is 981. The van der Waals surface area contributed by atoms with Crippen LogP contribution in [0.1, 0.15) is 5.69 Å². The summed E-state index contributed by atoms with van der Waals surface area (Å²) in [6.45, 7) is 2.13. The minimum Gasteiger partial charge on any atom is -0.454 e. The summed E-state index contributed by atoms with van der Waals surface area (Å²) in [7, 11) is 0. The zero-order valence-corrected chi connectivity index (χ0v) is 15.2. The van der Waals surface area contributed by atoms with Gasteiger partial charge in [-0.15, -0.1) is 0 Å². The number of fused-ring (bicyclic) bond motifs is 1. The lowest BCUT2D eigenvalue weighted by Crippen LogP contribution is -2.02. The van der Waals surface area contributed by atoms with Crippen molar-refractivity contribution in [2.75, 3.05) is 17.4 Å². The van der Waals surface area contributed by atoms with Crippen molar-refractivity contribution >= 4 is 46.3 Å². The average Bonchev–Trinajstić information content (AvgIpc) is 3.05. The molecule has 1 aliphatic heterocycles. The van der Waals surface area contributed by atoms with E-state index in [-0.39, 0.29) is 6.79 Å². The van der Waals surface area contributed by atoms with E-state index in [0.29, 0.717) is 33.2 Å². The molecule has 26 heavy (non-hydrogen) atoms. The number of halogens is 2. The molecule has 0 spiro atoms. The van der Waals surface area contributed by atoms with E-state index in [9.17, 15) is 0 Å². The quantitative estimate of drug-likeness (QED) is 0.631. The molecule has 1 aromatic heterocycles. The summed E-state index contributed by atoms with van der Waals surface area (Å²) in [5, 5.41) is 7.41. The molecule has 0 saturated carbocycles. The molecule has 1 aliphatic rings. The van der Waals surface area contributed by atoms with Crippen LogP contribution in [0.25, 0.3) is 0 Å². The molecule has 3 aromatic rings. The first-order valence-corrected chi connectivity index (χ1v) is 8.57. The molecule has 0 atom stereocenters. The maximum Gasteiger partial charge on any atom is 0.231 e. The minimum absolute atomic E-state index is 0.237. The van der Waals surface area contributed by atoms with Crippen LogP contribution in [0.5, 0.6) is 11.5 Å².